The van der Waals surface area contributed by atoms with Gasteiger partial charge in [-0.05, 0) is 6.07 Å². The van der Waals surface area contributed by atoms with Crippen molar-refractivity contribution in [2.75, 3.05) is 7.11 Å². The van der Waals surface area contributed by atoms with Crippen LogP contribution in [-0.4, -0.2) is 18.2 Å². The van der Waals surface area contributed by atoms with E-state index in [0.29, 0.717) is 16.3 Å². The Morgan fingerprint density at radius 2 is 2.19 bits per heavy atom. The second-order valence-corrected chi connectivity index (χ2v) is 3.46. The average molecular weight is 238 g/mol. The molecule has 0 saturated carbocycles. The van der Waals surface area contributed by atoms with E-state index in [2.05, 4.69) is 9.89 Å². The van der Waals surface area contributed by atoms with Crippen LogP contribution in [0.1, 0.15) is 10.6 Å². The third-order valence-corrected chi connectivity index (χ3v) is 2.38. The van der Waals surface area contributed by atoms with Gasteiger partial charge in [0, 0.05) is 11.6 Å². The first-order chi connectivity index (χ1) is 7.72. The molecular formula is C11H8ClNO3. The Kier molecular flexibility index (Phi) is 2.92. The molecule has 0 N–H and O–H groups in total. The van der Waals surface area contributed by atoms with E-state index >= 15 is 0 Å². The molecule has 0 aliphatic carbocycles. The summed E-state index contributed by atoms with van der Waals surface area (Å²) < 4.78 is 9.35. The fraction of sp³-hybridized carbons (Fsp3) is 0.0909. The molecule has 5 heteroatoms. The van der Waals surface area contributed by atoms with Crippen molar-refractivity contribution in [2.24, 2.45) is 0 Å². The molecule has 2 rings (SSSR count). The number of carbonyl (C=O) groups excluding carboxylic acids is 1. The minimum atomic E-state index is -0.564. The fourth-order valence-corrected chi connectivity index (χ4v) is 1.50. The lowest BCUT2D eigenvalue weighted by atomic mass is 10.1. The number of benzene rings is 1. The Balaban J connectivity index is 2.39. The smallest absolute Gasteiger partial charge is 0.376 e. The zero-order valence-corrected chi connectivity index (χ0v) is 9.19. The monoisotopic (exact) mass is 237 g/mol. The summed E-state index contributed by atoms with van der Waals surface area (Å²) in [5.74, 6) is -0.511. The SMILES string of the molecule is COC(=O)c1cc(-c2ccccc2Cl)no1. The normalized spacial score (nSPS) is 10.1. The van der Waals surface area contributed by atoms with E-state index in [1.54, 1.807) is 12.1 Å². The van der Waals surface area contributed by atoms with Gasteiger partial charge in [-0.3, -0.25) is 0 Å². The highest BCUT2D eigenvalue weighted by Gasteiger charge is 2.15. The van der Waals surface area contributed by atoms with Crippen LogP contribution in [0.5, 0.6) is 0 Å². The summed E-state index contributed by atoms with van der Waals surface area (Å²) in [6.07, 6.45) is 0. The largest absolute Gasteiger partial charge is 0.463 e. The third-order valence-electron chi connectivity index (χ3n) is 2.05. The van der Waals surface area contributed by atoms with Crippen LogP contribution in [0, 0.1) is 0 Å². The highest BCUT2D eigenvalue weighted by molar-refractivity contribution is 6.33. The van der Waals surface area contributed by atoms with E-state index < -0.39 is 5.97 Å². The molecule has 0 saturated heterocycles. The Morgan fingerprint density at radius 1 is 1.44 bits per heavy atom. The average Bonchev–Trinajstić information content (AvgIpc) is 2.78. The second-order valence-electron chi connectivity index (χ2n) is 3.05. The van der Waals surface area contributed by atoms with Crippen molar-refractivity contribution in [2.45, 2.75) is 0 Å². The Hall–Kier alpha value is -1.81. The van der Waals surface area contributed by atoms with Crippen molar-refractivity contribution in [1.82, 2.24) is 5.16 Å². The van der Waals surface area contributed by atoms with Crippen LogP contribution in [0.3, 0.4) is 0 Å². The molecule has 0 unspecified atom stereocenters. The molecule has 0 aliphatic heterocycles. The molecule has 82 valence electrons. The zero-order chi connectivity index (χ0) is 11.5. The van der Waals surface area contributed by atoms with Gasteiger partial charge in [-0.25, -0.2) is 4.79 Å². The second kappa shape index (κ2) is 4.37. The predicted molar refractivity (Wildman–Crippen MR) is 58.3 cm³/mol. The van der Waals surface area contributed by atoms with E-state index in [0.717, 1.165) is 0 Å². The maximum atomic E-state index is 11.2. The molecule has 0 atom stereocenters. The molecule has 1 heterocycles. The summed E-state index contributed by atoms with van der Waals surface area (Å²) in [5, 5.41) is 4.30. The number of methoxy groups -OCH3 is 1. The van der Waals surface area contributed by atoms with Crippen LogP contribution >= 0.6 is 11.6 Å². The van der Waals surface area contributed by atoms with Gasteiger partial charge in [0.25, 0.3) is 0 Å². The number of hydrogen-bond acceptors (Lipinski definition) is 4. The molecule has 0 spiro atoms. The first-order valence-electron chi connectivity index (χ1n) is 4.52. The Morgan fingerprint density at radius 3 is 2.88 bits per heavy atom. The summed E-state index contributed by atoms with van der Waals surface area (Å²) in [4.78, 5) is 11.2. The first-order valence-corrected chi connectivity index (χ1v) is 4.90. The number of rotatable bonds is 2. The number of ether oxygens (including phenoxy) is 1. The molecule has 0 radical (unpaired) electrons. The van der Waals surface area contributed by atoms with Gasteiger partial charge in [0.1, 0.15) is 5.69 Å². The fourth-order valence-electron chi connectivity index (χ4n) is 1.27. The van der Waals surface area contributed by atoms with E-state index in [1.807, 2.05) is 12.1 Å². The van der Waals surface area contributed by atoms with Crippen LogP contribution < -0.4 is 0 Å². The van der Waals surface area contributed by atoms with Gasteiger partial charge in [-0.2, -0.15) is 0 Å². The Labute approximate surface area is 96.8 Å². The molecule has 16 heavy (non-hydrogen) atoms. The zero-order valence-electron chi connectivity index (χ0n) is 8.44. The summed E-state index contributed by atoms with van der Waals surface area (Å²) >= 11 is 5.98. The summed E-state index contributed by atoms with van der Waals surface area (Å²) in [6.45, 7) is 0. The van der Waals surface area contributed by atoms with E-state index in [1.165, 1.54) is 13.2 Å². The number of hydrogen-bond donors (Lipinski definition) is 0. The maximum absolute atomic E-state index is 11.2. The molecule has 0 fully saturated rings. The van der Waals surface area contributed by atoms with Crippen molar-refractivity contribution < 1.29 is 14.1 Å². The van der Waals surface area contributed by atoms with Crippen LogP contribution in [-0.2, 0) is 4.74 Å². The van der Waals surface area contributed by atoms with Gasteiger partial charge in [0.05, 0.1) is 12.1 Å². The molecule has 0 bridgehead atoms. The van der Waals surface area contributed by atoms with Crippen molar-refractivity contribution >= 4 is 17.6 Å². The van der Waals surface area contributed by atoms with E-state index in [-0.39, 0.29) is 5.76 Å². The number of halogens is 1. The van der Waals surface area contributed by atoms with Crippen molar-refractivity contribution in [3.8, 4) is 11.3 Å². The van der Waals surface area contributed by atoms with Gasteiger partial charge < -0.3 is 9.26 Å². The minimum absolute atomic E-state index is 0.0532. The molecule has 4 nitrogen and oxygen atoms in total. The van der Waals surface area contributed by atoms with Gasteiger partial charge in [-0.1, -0.05) is 35.0 Å². The van der Waals surface area contributed by atoms with E-state index in [9.17, 15) is 4.79 Å². The number of nitrogens with zero attached hydrogens (tertiary/aromatic N) is 1. The molecule has 1 aromatic heterocycles. The van der Waals surface area contributed by atoms with Crippen LogP contribution in [0.2, 0.25) is 5.02 Å². The van der Waals surface area contributed by atoms with Crippen LogP contribution in [0.4, 0.5) is 0 Å². The molecule has 0 amide bonds. The van der Waals surface area contributed by atoms with E-state index in [4.69, 9.17) is 16.1 Å². The standard InChI is InChI=1S/C11H8ClNO3/c1-15-11(14)10-6-9(13-16-10)7-4-2-3-5-8(7)12/h2-6H,1H3. The van der Waals surface area contributed by atoms with Gasteiger partial charge in [0.2, 0.25) is 5.76 Å². The number of aromatic nitrogens is 1. The quantitative estimate of drug-likeness (QED) is 0.754. The molecule has 0 aliphatic rings. The van der Waals surface area contributed by atoms with Crippen molar-refractivity contribution in [1.29, 1.82) is 0 Å². The molecule has 1 aromatic carbocycles. The maximum Gasteiger partial charge on any atom is 0.376 e. The van der Waals surface area contributed by atoms with Crippen LogP contribution in [0.15, 0.2) is 34.9 Å². The van der Waals surface area contributed by atoms with Crippen LogP contribution in [0.25, 0.3) is 11.3 Å². The van der Waals surface area contributed by atoms with Crippen molar-refractivity contribution in [3.05, 3.63) is 41.1 Å². The lowest BCUT2D eigenvalue weighted by Crippen LogP contribution is -1.98. The third kappa shape index (κ3) is 1.92. The van der Waals surface area contributed by atoms with Gasteiger partial charge in [0.15, 0.2) is 0 Å². The Bertz CT molecular complexity index is 521. The topological polar surface area (TPSA) is 52.3 Å². The summed E-state index contributed by atoms with van der Waals surface area (Å²) in [6, 6.07) is 8.67. The number of carbonyl (C=O) groups is 1. The van der Waals surface area contributed by atoms with Gasteiger partial charge >= 0.3 is 5.97 Å². The summed E-state index contributed by atoms with van der Waals surface area (Å²) in [7, 11) is 1.28. The predicted octanol–water partition coefficient (Wildman–Crippen LogP) is 2.78. The lowest BCUT2D eigenvalue weighted by molar-refractivity contribution is 0.0554. The molecule has 2 aromatic rings. The summed E-state index contributed by atoms with van der Waals surface area (Å²) in [5.41, 5.74) is 1.22. The van der Waals surface area contributed by atoms with Gasteiger partial charge in [-0.15, -0.1) is 0 Å². The molecular weight excluding hydrogens is 230 g/mol. The van der Waals surface area contributed by atoms with Crippen molar-refractivity contribution in [3.63, 3.8) is 0 Å². The lowest BCUT2D eigenvalue weighted by Gasteiger charge is -1.96. The number of esters is 1. The highest BCUT2D eigenvalue weighted by Crippen LogP contribution is 2.26. The highest BCUT2D eigenvalue weighted by atomic mass is 35.5. The first kappa shape index (κ1) is 10.7. The minimum Gasteiger partial charge on any atom is -0.463 e.